The zero-order valence-electron chi connectivity index (χ0n) is 19.0. The molecule has 0 unspecified atom stereocenters. The van der Waals surface area contributed by atoms with Crippen molar-refractivity contribution in [3.8, 4) is 33.4 Å². The summed E-state index contributed by atoms with van der Waals surface area (Å²) in [5.74, 6) is 0. The maximum absolute atomic E-state index is 2.51. The quantitative estimate of drug-likeness (QED) is 0.301. The number of benzene rings is 4. The number of rotatable bonds is 1. The fraction of sp³-hybridized carbons (Fsp3) is 0.226. The summed E-state index contributed by atoms with van der Waals surface area (Å²) >= 11 is 0. The van der Waals surface area contributed by atoms with Crippen molar-refractivity contribution >= 4 is 0 Å². The van der Waals surface area contributed by atoms with E-state index in [4.69, 9.17) is 0 Å². The molecule has 0 saturated heterocycles. The first-order valence-corrected chi connectivity index (χ1v) is 11.3. The summed E-state index contributed by atoms with van der Waals surface area (Å²) in [6.45, 7) is 11.7. The minimum Gasteiger partial charge on any atom is -0.0622 e. The van der Waals surface area contributed by atoms with Gasteiger partial charge in [-0.15, -0.1) is 0 Å². The minimum atomic E-state index is -0.0118. The third-order valence-electron chi connectivity index (χ3n) is 7.73. The Balaban J connectivity index is 1.68. The molecule has 4 aromatic rings. The molecule has 0 saturated carbocycles. The molecule has 0 aliphatic heterocycles. The Hall–Kier alpha value is -3.12. The molecule has 0 nitrogen and oxygen atoms in total. The Morgan fingerprint density at radius 1 is 0.484 bits per heavy atom. The van der Waals surface area contributed by atoms with Gasteiger partial charge in [0.05, 0.1) is 0 Å². The Morgan fingerprint density at radius 3 is 1.90 bits per heavy atom. The topological polar surface area (TPSA) is 0 Å². The lowest BCUT2D eigenvalue weighted by molar-refractivity contribution is 0.652. The summed E-state index contributed by atoms with van der Waals surface area (Å²) in [4.78, 5) is 0. The van der Waals surface area contributed by atoms with E-state index < -0.39 is 0 Å². The largest absolute Gasteiger partial charge is 0.0622 e. The van der Waals surface area contributed by atoms with Crippen LogP contribution in [-0.4, -0.2) is 0 Å². The lowest BCUT2D eigenvalue weighted by atomic mass is 9.79. The highest BCUT2D eigenvalue weighted by molar-refractivity contribution is 5.95. The second-order valence-corrected chi connectivity index (χ2v) is 10.3. The Morgan fingerprint density at radius 2 is 1.13 bits per heavy atom. The molecular weight excluding hydrogens is 372 g/mol. The SMILES string of the molecule is Cc1ccc2c(c1)C(C)(C)c1cc3c(cc1-2)C(C)(C)c1cccc(-c2ccccc2)c1-3. The maximum atomic E-state index is 2.51. The second kappa shape index (κ2) is 5.98. The van der Waals surface area contributed by atoms with Crippen LogP contribution in [0.1, 0.15) is 55.5 Å². The molecule has 0 aromatic heterocycles. The fourth-order valence-electron chi connectivity index (χ4n) is 5.99. The molecule has 2 aliphatic rings. The molecular formula is C31H28. The van der Waals surface area contributed by atoms with Crippen molar-refractivity contribution in [3.05, 3.63) is 107 Å². The second-order valence-electron chi connectivity index (χ2n) is 10.3. The lowest BCUT2D eigenvalue weighted by Gasteiger charge is -2.24. The van der Waals surface area contributed by atoms with E-state index in [0.717, 1.165) is 0 Å². The van der Waals surface area contributed by atoms with Crippen molar-refractivity contribution in [2.45, 2.75) is 45.4 Å². The van der Waals surface area contributed by atoms with Crippen molar-refractivity contribution in [2.75, 3.05) is 0 Å². The molecule has 2 aliphatic carbocycles. The monoisotopic (exact) mass is 400 g/mol. The molecule has 0 amide bonds. The van der Waals surface area contributed by atoms with Gasteiger partial charge in [0, 0.05) is 10.8 Å². The first-order valence-electron chi connectivity index (χ1n) is 11.3. The summed E-state index contributed by atoms with van der Waals surface area (Å²) < 4.78 is 0. The number of hydrogen-bond donors (Lipinski definition) is 0. The molecule has 0 bridgehead atoms. The van der Waals surface area contributed by atoms with Gasteiger partial charge in [-0.2, -0.15) is 0 Å². The molecule has 4 aromatic carbocycles. The summed E-state index contributed by atoms with van der Waals surface area (Å²) in [5, 5.41) is 0. The summed E-state index contributed by atoms with van der Waals surface area (Å²) in [6, 6.07) is 29.7. The molecule has 0 fully saturated rings. The van der Waals surface area contributed by atoms with Crippen LogP contribution in [0.5, 0.6) is 0 Å². The van der Waals surface area contributed by atoms with Crippen molar-refractivity contribution in [1.82, 2.24) is 0 Å². The molecule has 6 rings (SSSR count). The highest BCUT2D eigenvalue weighted by Crippen LogP contribution is 2.57. The van der Waals surface area contributed by atoms with Gasteiger partial charge < -0.3 is 0 Å². The van der Waals surface area contributed by atoms with Crippen LogP contribution >= 0.6 is 0 Å². The van der Waals surface area contributed by atoms with Gasteiger partial charge in [-0.1, -0.05) is 100.0 Å². The van der Waals surface area contributed by atoms with Crippen molar-refractivity contribution in [3.63, 3.8) is 0 Å². The van der Waals surface area contributed by atoms with E-state index in [0.29, 0.717) is 0 Å². The Kier molecular flexibility index (Phi) is 3.59. The smallest absolute Gasteiger partial charge is 0.0159 e. The Labute approximate surface area is 185 Å². The molecule has 31 heavy (non-hydrogen) atoms. The molecule has 0 radical (unpaired) electrons. The van der Waals surface area contributed by atoms with Crippen molar-refractivity contribution in [1.29, 1.82) is 0 Å². The standard InChI is InChI=1S/C31H28/c1-19-14-15-22-23-17-28-24(18-27(23)31(4,5)26(22)16-19)29-21(20-10-7-6-8-11-20)12-9-13-25(29)30(28,2)3/h6-18H,1-5H3. The number of hydrogen-bond acceptors (Lipinski definition) is 0. The van der Waals surface area contributed by atoms with E-state index in [-0.39, 0.29) is 10.8 Å². The zero-order chi connectivity index (χ0) is 21.5. The van der Waals surface area contributed by atoms with Crippen LogP contribution in [0.15, 0.2) is 78.9 Å². The van der Waals surface area contributed by atoms with Gasteiger partial charge in [0.15, 0.2) is 0 Å². The minimum absolute atomic E-state index is 0.0118. The third kappa shape index (κ3) is 2.36. The predicted molar refractivity (Wildman–Crippen MR) is 132 cm³/mol. The van der Waals surface area contributed by atoms with Gasteiger partial charge in [0.1, 0.15) is 0 Å². The predicted octanol–water partition coefficient (Wildman–Crippen LogP) is 8.27. The van der Waals surface area contributed by atoms with Gasteiger partial charge in [-0.25, -0.2) is 0 Å². The molecule has 0 heteroatoms. The normalized spacial score (nSPS) is 16.4. The summed E-state index contributed by atoms with van der Waals surface area (Å²) in [6.07, 6.45) is 0. The van der Waals surface area contributed by atoms with E-state index in [1.807, 2.05) is 0 Å². The van der Waals surface area contributed by atoms with Crippen LogP contribution in [-0.2, 0) is 10.8 Å². The highest BCUT2D eigenvalue weighted by Gasteiger charge is 2.42. The van der Waals surface area contributed by atoms with Gasteiger partial charge in [0.25, 0.3) is 0 Å². The fourth-order valence-corrected chi connectivity index (χ4v) is 5.99. The van der Waals surface area contributed by atoms with E-state index in [9.17, 15) is 0 Å². The van der Waals surface area contributed by atoms with E-state index in [1.165, 1.54) is 61.2 Å². The first kappa shape index (κ1) is 18.6. The zero-order valence-corrected chi connectivity index (χ0v) is 19.0. The summed E-state index contributed by atoms with van der Waals surface area (Å²) in [7, 11) is 0. The number of fused-ring (bicyclic) bond motifs is 6. The molecule has 0 heterocycles. The van der Waals surface area contributed by atoms with Crippen LogP contribution < -0.4 is 0 Å². The molecule has 0 N–H and O–H groups in total. The van der Waals surface area contributed by atoms with Crippen LogP contribution in [0.2, 0.25) is 0 Å². The third-order valence-corrected chi connectivity index (χ3v) is 7.73. The Bertz CT molecular complexity index is 1370. The highest BCUT2D eigenvalue weighted by atomic mass is 14.4. The van der Waals surface area contributed by atoms with Crippen LogP contribution in [0.3, 0.4) is 0 Å². The average molecular weight is 401 g/mol. The lowest BCUT2D eigenvalue weighted by Crippen LogP contribution is -2.17. The maximum Gasteiger partial charge on any atom is 0.0159 e. The van der Waals surface area contributed by atoms with E-state index >= 15 is 0 Å². The summed E-state index contributed by atoms with van der Waals surface area (Å²) in [5.41, 5.74) is 15.4. The van der Waals surface area contributed by atoms with Gasteiger partial charge in [-0.3, -0.25) is 0 Å². The molecule has 0 atom stereocenters. The van der Waals surface area contributed by atoms with Gasteiger partial charge >= 0.3 is 0 Å². The van der Waals surface area contributed by atoms with Gasteiger partial charge in [0.2, 0.25) is 0 Å². The average Bonchev–Trinajstić information content (AvgIpc) is 3.13. The van der Waals surface area contributed by atoms with Crippen molar-refractivity contribution < 1.29 is 0 Å². The van der Waals surface area contributed by atoms with Gasteiger partial charge in [-0.05, 0) is 74.7 Å². The molecule has 0 spiro atoms. The van der Waals surface area contributed by atoms with E-state index in [2.05, 4.69) is 113 Å². The van der Waals surface area contributed by atoms with Crippen LogP contribution in [0, 0.1) is 6.92 Å². The van der Waals surface area contributed by atoms with E-state index in [1.54, 1.807) is 0 Å². The van der Waals surface area contributed by atoms with Crippen LogP contribution in [0.25, 0.3) is 33.4 Å². The molecule has 152 valence electrons. The first-order chi connectivity index (χ1) is 14.8. The van der Waals surface area contributed by atoms with Crippen LogP contribution in [0.4, 0.5) is 0 Å². The number of aryl methyl sites for hydroxylation is 1. The van der Waals surface area contributed by atoms with Crippen molar-refractivity contribution in [2.24, 2.45) is 0 Å².